The Morgan fingerprint density at radius 1 is 1.21 bits per heavy atom. The number of benzene rings is 1. The lowest BCUT2D eigenvalue weighted by Gasteiger charge is -2.35. The van der Waals surface area contributed by atoms with Crippen LogP contribution in [0.2, 0.25) is 0 Å². The van der Waals surface area contributed by atoms with Crippen molar-refractivity contribution in [3.8, 4) is 0 Å². The highest BCUT2D eigenvalue weighted by Crippen LogP contribution is 2.39. The van der Waals surface area contributed by atoms with Gasteiger partial charge in [0.1, 0.15) is 0 Å². The van der Waals surface area contributed by atoms with Gasteiger partial charge in [-0.05, 0) is 42.2 Å². The highest BCUT2D eigenvalue weighted by atomic mass is 16.5. The molecule has 1 aromatic carbocycles. The fraction of sp³-hybridized carbons (Fsp3) is 0.478. The summed E-state index contributed by atoms with van der Waals surface area (Å²) in [5.74, 6) is 0.990. The lowest BCUT2D eigenvalue weighted by molar-refractivity contribution is 0.0436. The molecule has 4 rings (SSSR count). The van der Waals surface area contributed by atoms with Gasteiger partial charge in [-0.2, -0.15) is 0 Å². The van der Waals surface area contributed by atoms with E-state index in [-0.39, 0.29) is 18.0 Å². The summed E-state index contributed by atoms with van der Waals surface area (Å²) in [6.45, 7) is 8.69. The number of fused-ring (bicyclic) bond motifs is 2. The maximum Gasteiger partial charge on any atom is 0.339 e. The molecule has 1 atom stereocenters. The van der Waals surface area contributed by atoms with Gasteiger partial charge in [-0.1, -0.05) is 45.9 Å². The third kappa shape index (κ3) is 3.88. The number of hydrogen-bond acceptors (Lipinski definition) is 6. The van der Waals surface area contributed by atoms with Crippen molar-refractivity contribution in [2.24, 2.45) is 11.3 Å². The summed E-state index contributed by atoms with van der Waals surface area (Å²) in [4.78, 5) is 18.1. The number of pyridine rings is 1. The number of aryl methyl sites for hydroxylation is 2. The second-order valence-electron chi connectivity index (χ2n) is 8.75. The minimum atomic E-state index is -0.356. The number of hydrogen-bond donors (Lipinski definition) is 0. The average molecular weight is 393 g/mol. The minimum Gasteiger partial charge on any atom is -0.452 e. The number of carbonyl (C=O) groups is 1. The molecule has 152 valence electrons. The van der Waals surface area contributed by atoms with Crippen LogP contribution in [0.5, 0.6) is 0 Å². The van der Waals surface area contributed by atoms with Gasteiger partial charge in [-0.15, -0.1) is 10.2 Å². The summed E-state index contributed by atoms with van der Waals surface area (Å²) >= 11 is 0. The quantitative estimate of drug-likeness (QED) is 0.599. The molecule has 2 aromatic heterocycles. The largest absolute Gasteiger partial charge is 0.452 e. The minimum absolute atomic E-state index is 0.0278. The van der Waals surface area contributed by atoms with Crippen LogP contribution >= 0.6 is 0 Å². The Morgan fingerprint density at radius 2 is 1.97 bits per heavy atom. The Labute approximate surface area is 170 Å². The predicted octanol–water partition coefficient (Wildman–Crippen LogP) is 4.69. The monoisotopic (exact) mass is 393 g/mol. The van der Waals surface area contributed by atoms with Crippen LogP contribution in [0.15, 0.2) is 28.7 Å². The van der Waals surface area contributed by atoms with E-state index in [2.05, 4.69) is 31.0 Å². The van der Waals surface area contributed by atoms with Gasteiger partial charge in [0.05, 0.1) is 11.1 Å². The van der Waals surface area contributed by atoms with E-state index in [4.69, 9.17) is 14.1 Å². The predicted molar refractivity (Wildman–Crippen MR) is 110 cm³/mol. The number of para-hydroxylation sites is 1. The van der Waals surface area contributed by atoms with E-state index in [0.29, 0.717) is 29.7 Å². The van der Waals surface area contributed by atoms with Gasteiger partial charge < -0.3 is 9.15 Å². The van der Waals surface area contributed by atoms with Gasteiger partial charge in [0.25, 0.3) is 5.89 Å². The SMILES string of the molecule is CCc1nnc(COC(=O)c2c3c(nc4ccccc24)CCC(C(C)(C)C)C3)o1. The molecule has 6 nitrogen and oxygen atoms in total. The van der Waals surface area contributed by atoms with E-state index in [1.807, 2.05) is 31.2 Å². The summed E-state index contributed by atoms with van der Waals surface area (Å²) in [5.41, 5.74) is 3.68. The molecule has 2 heterocycles. The van der Waals surface area contributed by atoms with Crippen molar-refractivity contribution in [2.45, 2.75) is 60.0 Å². The fourth-order valence-electron chi connectivity index (χ4n) is 4.05. The molecule has 0 aliphatic heterocycles. The van der Waals surface area contributed by atoms with E-state index >= 15 is 0 Å². The summed E-state index contributed by atoms with van der Waals surface area (Å²) in [6.07, 6.45) is 3.45. The van der Waals surface area contributed by atoms with Crippen molar-refractivity contribution < 1.29 is 13.9 Å². The first-order chi connectivity index (χ1) is 13.9. The first kappa shape index (κ1) is 19.6. The third-order valence-electron chi connectivity index (χ3n) is 5.83. The summed E-state index contributed by atoms with van der Waals surface area (Å²) < 4.78 is 11.1. The molecule has 1 unspecified atom stereocenters. The molecule has 1 aliphatic rings. The van der Waals surface area contributed by atoms with E-state index in [1.54, 1.807) is 0 Å². The second kappa shape index (κ2) is 7.58. The standard InChI is InChI=1S/C23H27N3O3/c1-5-19-25-26-20(29-19)13-28-22(27)21-15-8-6-7-9-17(15)24-18-11-10-14(12-16(18)21)23(2,3)4/h6-9,14H,5,10-13H2,1-4H3. The zero-order valence-electron chi connectivity index (χ0n) is 17.5. The van der Waals surface area contributed by atoms with Crippen LogP contribution in [0.3, 0.4) is 0 Å². The summed E-state index contributed by atoms with van der Waals surface area (Å²) in [7, 11) is 0. The zero-order valence-corrected chi connectivity index (χ0v) is 17.5. The van der Waals surface area contributed by atoms with Gasteiger partial charge in [0, 0.05) is 17.5 Å². The Morgan fingerprint density at radius 3 is 2.69 bits per heavy atom. The molecule has 0 spiro atoms. The molecule has 1 aliphatic carbocycles. The van der Waals surface area contributed by atoms with E-state index in [0.717, 1.165) is 41.4 Å². The van der Waals surface area contributed by atoms with Crippen molar-refractivity contribution in [3.63, 3.8) is 0 Å². The van der Waals surface area contributed by atoms with E-state index in [1.165, 1.54) is 0 Å². The van der Waals surface area contributed by atoms with Crippen molar-refractivity contribution in [1.82, 2.24) is 15.2 Å². The van der Waals surface area contributed by atoms with Crippen molar-refractivity contribution in [1.29, 1.82) is 0 Å². The first-order valence-electron chi connectivity index (χ1n) is 10.3. The van der Waals surface area contributed by atoms with Gasteiger partial charge >= 0.3 is 5.97 Å². The third-order valence-corrected chi connectivity index (χ3v) is 5.83. The smallest absolute Gasteiger partial charge is 0.339 e. The van der Waals surface area contributed by atoms with Crippen LogP contribution in [-0.2, 0) is 30.6 Å². The maximum atomic E-state index is 13.2. The molecule has 0 fully saturated rings. The van der Waals surface area contributed by atoms with Gasteiger partial charge in [0.15, 0.2) is 6.61 Å². The van der Waals surface area contributed by atoms with Gasteiger partial charge in [0.2, 0.25) is 5.89 Å². The van der Waals surface area contributed by atoms with E-state index in [9.17, 15) is 4.79 Å². The Balaban J connectivity index is 1.70. The number of ether oxygens (including phenoxy) is 1. The second-order valence-corrected chi connectivity index (χ2v) is 8.75. The molecular weight excluding hydrogens is 366 g/mol. The maximum absolute atomic E-state index is 13.2. The molecule has 6 heteroatoms. The fourth-order valence-corrected chi connectivity index (χ4v) is 4.05. The number of rotatable bonds is 4. The van der Waals surface area contributed by atoms with Gasteiger partial charge in [-0.3, -0.25) is 4.98 Å². The van der Waals surface area contributed by atoms with Crippen LogP contribution in [-0.4, -0.2) is 21.2 Å². The molecular formula is C23H27N3O3. The number of esters is 1. The highest BCUT2D eigenvalue weighted by molar-refractivity contribution is 6.05. The first-order valence-corrected chi connectivity index (χ1v) is 10.3. The van der Waals surface area contributed by atoms with Crippen LogP contribution in [0, 0.1) is 11.3 Å². The average Bonchev–Trinajstić information content (AvgIpc) is 3.17. The molecule has 0 saturated heterocycles. The molecule has 0 saturated carbocycles. The molecule has 0 amide bonds. The van der Waals surface area contributed by atoms with Crippen LogP contribution in [0.4, 0.5) is 0 Å². The topological polar surface area (TPSA) is 78.1 Å². The zero-order chi connectivity index (χ0) is 20.6. The van der Waals surface area contributed by atoms with Crippen molar-refractivity contribution in [3.05, 3.63) is 52.9 Å². The van der Waals surface area contributed by atoms with Crippen molar-refractivity contribution >= 4 is 16.9 Å². The number of carbonyl (C=O) groups excluding carboxylic acids is 1. The Hall–Kier alpha value is -2.76. The van der Waals surface area contributed by atoms with Gasteiger partial charge in [-0.25, -0.2) is 4.79 Å². The number of nitrogens with zero attached hydrogens (tertiary/aromatic N) is 3. The summed E-state index contributed by atoms with van der Waals surface area (Å²) in [5, 5.41) is 8.70. The van der Waals surface area contributed by atoms with Crippen LogP contribution < -0.4 is 0 Å². The molecule has 0 N–H and O–H groups in total. The lowest BCUT2D eigenvalue weighted by Crippen LogP contribution is -2.29. The lowest BCUT2D eigenvalue weighted by atomic mass is 9.70. The van der Waals surface area contributed by atoms with Crippen LogP contribution in [0.1, 0.15) is 67.5 Å². The molecule has 3 aromatic rings. The summed E-state index contributed by atoms with van der Waals surface area (Å²) in [6, 6.07) is 7.78. The van der Waals surface area contributed by atoms with E-state index < -0.39 is 0 Å². The van der Waals surface area contributed by atoms with Crippen molar-refractivity contribution in [2.75, 3.05) is 0 Å². The molecule has 0 bridgehead atoms. The molecule has 29 heavy (non-hydrogen) atoms. The Kier molecular flexibility index (Phi) is 5.11. The Bertz CT molecular complexity index is 1050. The highest BCUT2D eigenvalue weighted by Gasteiger charge is 2.33. The molecule has 0 radical (unpaired) electrons. The number of aromatic nitrogens is 3. The normalized spacial score (nSPS) is 16.6. The van der Waals surface area contributed by atoms with Crippen LogP contribution in [0.25, 0.3) is 10.9 Å².